The van der Waals surface area contributed by atoms with E-state index in [1.807, 2.05) is 14.0 Å². The maximum absolute atomic E-state index is 11.2. The van der Waals surface area contributed by atoms with Gasteiger partial charge in [-0.15, -0.1) is 11.6 Å². The molecule has 0 fully saturated rings. The average molecular weight is 242 g/mol. The zero-order valence-electron chi connectivity index (χ0n) is 9.16. The first-order chi connectivity index (χ1) is 6.43. The number of sulfone groups is 1. The van der Waals surface area contributed by atoms with Crippen molar-refractivity contribution in [3.8, 4) is 0 Å². The summed E-state index contributed by atoms with van der Waals surface area (Å²) in [5.74, 6) is 1.10. The highest BCUT2D eigenvalue weighted by atomic mass is 35.5. The van der Waals surface area contributed by atoms with E-state index in [1.165, 1.54) is 0 Å². The van der Waals surface area contributed by atoms with Crippen LogP contribution >= 0.6 is 11.6 Å². The molecule has 0 rings (SSSR count). The van der Waals surface area contributed by atoms with Crippen molar-refractivity contribution in [1.29, 1.82) is 0 Å². The molecule has 1 atom stereocenters. The van der Waals surface area contributed by atoms with E-state index in [9.17, 15) is 8.42 Å². The Bertz CT molecular complexity index is 241. The van der Waals surface area contributed by atoms with Gasteiger partial charge in [-0.3, -0.25) is 0 Å². The van der Waals surface area contributed by atoms with Crippen molar-refractivity contribution in [2.75, 3.05) is 31.0 Å². The second-order valence-electron chi connectivity index (χ2n) is 3.57. The molecule has 0 aliphatic heterocycles. The summed E-state index contributed by atoms with van der Waals surface area (Å²) < 4.78 is 22.4. The van der Waals surface area contributed by atoms with Gasteiger partial charge in [-0.1, -0.05) is 6.92 Å². The summed E-state index contributed by atoms with van der Waals surface area (Å²) in [5.41, 5.74) is 0. The van der Waals surface area contributed by atoms with E-state index in [4.69, 9.17) is 11.6 Å². The van der Waals surface area contributed by atoms with Crippen LogP contribution in [0, 0.1) is 0 Å². The first-order valence-electron chi connectivity index (χ1n) is 4.89. The van der Waals surface area contributed by atoms with Gasteiger partial charge in [0.15, 0.2) is 0 Å². The van der Waals surface area contributed by atoms with Gasteiger partial charge in [0.1, 0.15) is 9.84 Å². The SMILES string of the molecule is CCS(=O)(=O)CCCN(C)C(C)CCl. The number of rotatable bonds is 7. The van der Waals surface area contributed by atoms with Crippen LogP contribution in [0.2, 0.25) is 0 Å². The molecule has 5 heteroatoms. The molecule has 0 aromatic heterocycles. The summed E-state index contributed by atoms with van der Waals surface area (Å²) >= 11 is 5.68. The van der Waals surface area contributed by atoms with E-state index in [0.29, 0.717) is 18.3 Å². The predicted octanol–water partition coefficient (Wildman–Crippen LogP) is 1.37. The molecule has 0 spiro atoms. The lowest BCUT2D eigenvalue weighted by molar-refractivity contribution is 0.277. The lowest BCUT2D eigenvalue weighted by Crippen LogP contribution is -2.32. The third-order valence-corrected chi connectivity index (χ3v) is 4.62. The summed E-state index contributed by atoms with van der Waals surface area (Å²) in [6.07, 6.45) is 0.688. The van der Waals surface area contributed by atoms with E-state index < -0.39 is 9.84 Å². The Balaban J connectivity index is 3.75. The highest BCUT2D eigenvalue weighted by Crippen LogP contribution is 2.01. The topological polar surface area (TPSA) is 37.4 Å². The van der Waals surface area contributed by atoms with Crippen LogP contribution in [-0.2, 0) is 9.84 Å². The third kappa shape index (κ3) is 5.83. The zero-order valence-corrected chi connectivity index (χ0v) is 10.7. The van der Waals surface area contributed by atoms with Gasteiger partial charge in [0.25, 0.3) is 0 Å². The van der Waals surface area contributed by atoms with Crippen LogP contribution in [0.5, 0.6) is 0 Å². The van der Waals surface area contributed by atoms with Crippen LogP contribution < -0.4 is 0 Å². The Morgan fingerprint density at radius 2 is 2.00 bits per heavy atom. The fourth-order valence-electron chi connectivity index (χ4n) is 1.02. The van der Waals surface area contributed by atoms with Crippen molar-refractivity contribution in [3.05, 3.63) is 0 Å². The van der Waals surface area contributed by atoms with Crippen LogP contribution in [0.3, 0.4) is 0 Å². The largest absolute Gasteiger partial charge is 0.302 e. The maximum atomic E-state index is 11.2. The van der Waals surface area contributed by atoms with Crippen LogP contribution in [0.25, 0.3) is 0 Å². The maximum Gasteiger partial charge on any atom is 0.150 e. The van der Waals surface area contributed by atoms with Gasteiger partial charge in [0, 0.05) is 17.7 Å². The van der Waals surface area contributed by atoms with Gasteiger partial charge in [-0.25, -0.2) is 8.42 Å². The number of alkyl halides is 1. The molecule has 0 amide bonds. The Labute approximate surface area is 92.3 Å². The van der Waals surface area contributed by atoms with Crippen molar-refractivity contribution < 1.29 is 8.42 Å². The van der Waals surface area contributed by atoms with Crippen molar-refractivity contribution in [2.45, 2.75) is 26.3 Å². The first kappa shape index (κ1) is 14.2. The van der Waals surface area contributed by atoms with Crippen molar-refractivity contribution in [1.82, 2.24) is 4.90 Å². The molecule has 0 heterocycles. The van der Waals surface area contributed by atoms with E-state index in [2.05, 4.69) is 4.90 Å². The average Bonchev–Trinajstić information content (AvgIpc) is 2.16. The molecule has 0 bridgehead atoms. The molecule has 0 radical (unpaired) electrons. The molecule has 0 aliphatic carbocycles. The minimum absolute atomic E-state index is 0.238. The van der Waals surface area contributed by atoms with Gasteiger partial charge in [-0.05, 0) is 26.9 Å². The molecule has 0 N–H and O–H groups in total. The minimum atomic E-state index is -2.81. The van der Waals surface area contributed by atoms with Gasteiger partial charge in [-0.2, -0.15) is 0 Å². The van der Waals surface area contributed by atoms with Crippen LogP contribution in [0.4, 0.5) is 0 Å². The lowest BCUT2D eigenvalue weighted by atomic mass is 10.3. The van der Waals surface area contributed by atoms with Crippen molar-refractivity contribution >= 4 is 21.4 Å². The molecule has 0 saturated carbocycles. The monoisotopic (exact) mass is 241 g/mol. The summed E-state index contributed by atoms with van der Waals surface area (Å²) in [5, 5.41) is 0. The third-order valence-electron chi connectivity index (χ3n) is 2.38. The molecule has 14 heavy (non-hydrogen) atoms. The van der Waals surface area contributed by atoms with Crippen LogP contribution in [0.1, 0.15) is 20.3 Å². The Morgan fingerprint density at radius 3 is 2.43 bits per heavy atom. The van der Waals surface area contributed by atoms with Gasteiger partial charge < -0.3 is 4.90 Å². The molecule has 0 saturated heterocycles. The second-order valence-corrected chi connectivity index (χ2v) is 6.36. The molecule has 86 valence electrons. The zero-order chi connectivity index (χ0) is 11.2. The standard InChI is InChI=1S/C9H20ClNO2S/c1-4-14(12,13)7-5-6-11(3)9(2)8-10/h9H,4-8H2,1-3H3. The summed E-state index contributed by atoms with van der Waals surface area (Å²) in [6, 6.07) is 0.306. The predicted molar refractivity (Wildman–Crippen MR) is 61.8 cm³/mol. The molecular formula is C9H20ClNO2S. The van der Waals surface area contributed by atoms with E-state index in [1.54, 1.807) is 6.92 Å². The number of hydrogen-bond acceptors (Lipinski definition) is 3. The molecule has 3 nitrogen and oxygen atoms in total. The molecule has 1 unspecified atom stereocenters. The Hall–Kier alpha value is 0.200. The van der Waals surface area contributed by atoms with Gasteiger partial charge in [0.2, 0.25) is 0 Å². The molecule has 0 aromatic rings. The van der Waals surface area contributed by atoms with Gasteiger partial charge >= 0.3 is 0 Å². The molecular weight excluding hydrogens is 222 g/mol. The van der Waals surface area contributed by atoms with E-state index >= 15 is 0 Å². The Morgan fingerprint density at radius 1 is 1.43 bits per heavy atom. The fourth-order valence-corrected chi connectivity index (χ4v) is 2.11. The molecule has 0 aliphatic rings. The number of halogens is 1. The number of nitrogens with zero attached hydrogens (tertiary/aromatic N) is 1. The second kappa shape index (κ2) is 6.64. The summed E-state index contributed by atoms with van der Waals surface area (Å²) in [4.78, 5) is 2.08. The van der Waals surface area contributed by atoms with Crippen molar-refractivity contribution in [2.24, 2.45) is 0 Å². The van der Waals surface area contributed by atoms with E-state index in [0.717, 1.165) is 6.54 Å². The lowest BCUT2D eigenvalue weighted by Gasteiger charge is -2.22. The van der Waals surface area contributed by atoms with Crippen LogP contribution in [0.15, 0.2) is 0 Å². The van der Waals surface area contributed by atoms with Crippen molar-refractivity contribution in [3.63, 3.8) is 0 Å². The first-order valence-corrected chi connectivity index (χ1v) is 7.25. The summed E-state index contributed by atoms with van der Waals surface area (Å²) in [7, 11) is -0.843. The fraction of sp³-hybridized carbons (Fsp3) is 1.00. The number of hydrogen-bond donors (Lipinski definition) is 0. The highest BCUT2D eigenvalue weighted by molar-refractivity contribution is 7.91. The smallest absolute Gasteiger partial charge is 0.150 e. The highest BCUT2D eigenvalue weighted by Gasteiger charge is 2.10. The normalized spacial score (nSPS) is 14.6. The molecule has 0 aromatic carbocycles. The van der Waals surface area contributed by atoms with E-state index in [-0.39, 0.29) is 11.5 Å². The Kier molecular flexibility index (Phi) is 6.74. The minimum Gasteiger partial charge on any atom is -0.302 e. The van der Waals surface area contributed by atoms with Crippen LogP contribution in [-0.4, -0.2) is 50.3 Å². The quantitative estimate of drug-likeness (QED) is 0.632. The van der Waals surface area contributed by atoms with Gasteiger partial charge in [0.05, 0.1) is 5.75 Å². The summed E-state index contributed by atoms with van der Waals surface area (Å²) in [6.45, 7) is 4.49.